The summed E-state index contributed by atoms with van der Waals surface area (Å²) < 4.78 is 29.7. The molecule has 130 valence electrons. The molecule has 1 N–H and O–H groups in total. The Kier molecular flexibility index (Phi) is 5.98. The lowest BCUT2D eigenvalue weighted by Crippen LogP contribution is -2.38. The summed E-state index contributed by atoms with van der Waals surface area (Å²) in [5.41, 5.74) is 0.931. The van der Waals surface area contributed by atoms with E-state index in [2.05, 4.69) is 10.5 Å². The maximum absolute atomic E-state index is 12.0. The predicted octanol–water partition coefficient (Wildman–Crippen LogP) is 2.08. The van der Waals surface area contributed by atoms with Crippen LogP contribution in [0.5, 0.6) is 0 Å². The van der Waals surface area contributed by atoms with Crippen LogP contribution in [-0.4, -0.2) is 43.1 Å². The molecule has 1 aromatic carbocycles. The highest BCUT2D eigenvalue weighted by molar-refractivity contribution is 7.88. The van der Waals surface area contributed by atoms with Crippen molar-refractivity contribution in [1.82, 2.24) is 9.46 Å². The van der Waals surface area contributed by atoms with Crippen LogP contribution in [0.25, 0.3) is 0 Å². The fraction of sp³-hybridized carbons (Fsp3) is 0.333. The lowest BCUT2D eigenvalue weighted by molar-refractivity contribution is -0.116. The zero-order chi connectivity index (χ0) is 17.7. The molecule has 0 saturated heterocycles. The number of carbonyl (C=O) groups is 1. The molecule has 0 radical (unpaired) electrons. The predicted molar refractivity (Wildman–Crippen MR) is 91.4 cm³/mol. The van der Waals surface area contributed by atoms with Crippen LogP contribution in [0.3, 0.4) is 0 Å². The second-order valence-electron chi connectivity index (χ2n) is 5.34. The fourth-order valence-corrected chi connectivity index (χ4v) is 2.94. The second-order valence-corrected chi connectivity index (χ2v) is 7.76. The molecule has 0 saturated carbocycles. The number of nitrogens with zero attached hydrogens (tertiary/aromatic N) is 2. The van der Waals surface area contributed by atoms with Crippen LogP contribution in [0, 0.1) is 6.92 Å². The Morgan fingerprint density at radius 1 is 1.33 bits per heavy atom. The van der Waals surface area contributed by atoms with Crippen molar-refractivity contribution >= 4 is 33.3 Å². The summed E-state index contributed by atoms with van der Waals surface area (Å²) in [6.07, 6.45) is 1.54. The minimum atomic E-state index is -3.52. The molecule has 24 heavy (non-hydrogen) atoms. The van der Waals surface area contributed by atoms with E-state index in [1.54, 1.807) is 25.1 Å². The smallest absolute Gasteiger partial charge is 0.240 e. The quantitative estimate of drug-likeness (QED) is 0.804. The third-order valence-corrected chi connectivity index (χ3v) is 4.75. The van der Waals surface area contributed by atoms with Gasteiger partial charge in [-0.1, -0.05) is 28.9 Å². The van der Waals surface area contributed by atoms with E-state index >= 15 is 0 Å². The first-order chi connectivity index (χ1) is 11.2. The molecule has 9 heteroatoms. The normalized spacial score (nSPS) is 11.7. The Morgan fingerprint density at radius 3 is 2.54 bits per heavy atom. The van der Waals surface area contributed by atoms with Gasteiger partial charge in [0.05, 0.1) is 12.8 Å². The number of amides is 1. The molecular formula is C15H18ClN3O4S. The van der Waals surface area contributed by atoms with E-state index < -0.39 is 15.9 Å². The summed E-state index contributed by atoms with van der Waals surface area (Å²) in [4.78, 5) is 12.0. The minimum absolute atomic E-state index is 0.186. The van der Waals surface area contributed by atoms with Crippen LogP contribution in [-0.2, 0) is 21.2 Å². The summed E-state index contributed by atoms with van der Waals surface area (Å²) >= 11 is 5.82. The molecule has 0 spiro atoms. The van der Waals surface area contributed by atoms with E-state index in [0.29, 0.717) is 17.2 Å². The van der Waals surface area contributed by atoms with Gasteiger partial charge in [-0.25, -0.2) is 8.42 Å². The van der Waals surface area contributed by atoms with Gasteiger partial charge in [0.25, 0.3) is 0 Å². The highest BCUT2D eigenvalue weighted by atomic mass is 35.5. The van der Waals surface area contributed by atoms with Crippen LogP contribution in [0.15, 0.2) is 34.9 Å². The highest BCUT2D eigenvalue weighted by Crippen LogP contribution is 2.12. The average molecular weight is 372 g/mol. The largest absolute Gasteiger partial charge is 0.360 e. The third-order valence-electron chi connectivity index (χ3n) is 3.25. The number of nitrogens with one attached hydrogen (secondary N) is 1. The molecule has 1 amide bonds. The molecule has 1 heterocycles. The number of rotatable bonds is 7. The van der Waals surface area contributed by atoms with Gasteiger partial charge >= 0.3 is 0 Å². The summed E-state index contributed by atoms with van der Waals surface area (Å²) in [5, 5.41) is 6.76. The maximum Gasteiger partial charge on any atom is 0.240 e. The maximum atomic E-state index is 12.0. The number of carbonyl (C=O) groups excluding carboxylic acids is 1. The SMILES string of the molecule is Cc1cc(NC(=O)CN(CCc2ccc(Cl)cc2)S(C)(=O)=O)no1. The molecule has 7 nitrogen and oxygen atoms in total. The van der Waals surface area contributed by atoms with E-state index in [9.17, 15) is 13.2 Å². The number of aryl methyl sites for hydroxylation is 1. The number of sulfonamides is 1. The molecule has 2 aromatic rings. The van der Waals surface area contributed by atoms with Gasteiger partial charge in [0.1, 0.15) is 5.76 Å². The number of hydrogen-bond donors (Lipinski definition) is 1. The molecule has 0 aliphatic carbocycles. The van der Waals surface area contributed by atoms with Gasteiger partial charge in [-0.3, -0.25) is 4.79 Å². The van der Waals surface area contributed by atoms with Crippen LogP contribution < -0.4 is 5.32 Å². The summed E-state index contributed by atoms with van der Waals surface area (Å²) in [6.45, 7) is 1.58. The first-order valence-corrected chi connectivity index (χ1v) is 9.39. The van der Waals surface area contributed by atoms with Crippen molar-refractivity contribution in [2.75, 3.05) is 24.7 Å². The number of hydrogen-bond acceptors (Lipinski definition) is 5. The van der Waals surface area contributed by atoms with Gasteiger partial charge in [0, 0.05) is 17.6 Å². The van der Waals surface area contributed by atoms with Crippen molar-refractivity contribution in [3.05, 3.63) is 46.7 Å². The van der Waals surface area contributed by atoms with Crippen molar-refractivity contribution in [3.63, 3.8) is 0 Å². The Balaban J connectivity index is 1.97. The van der Waals surface area contributed by atoms with Crippen LogP contribution in [0.1, 0.15) is 11.3 Å². The zero-order valence-corrected chi connectivity index (χ0v) is 14.9. The lowest BCUT2D eigenvalue weighted by atomic mass is 10.1. The van der Waals surface area contributed by atoms with Gasteiger partial charge in [-0.2, -0.15) is 4.31 Å². The van der Waals surface area contributed by atoms with Gasteiger partial charge in [0.15, 0.2) is 5.82 Å². The Bertz CT molecular complexity index is 802. The summed E-state index contributed by atoms with van der Waals surface area (Å²) in [5.74, 6) is 0.321. The van der Waals surface area contributed by atoms with Gasteiger partial charge in [-0.15, -0.1) is 0 Å². The molecule has 0 aliphatic heterocycles. The van der Waals surface area contributed by atoms with Crippen LogP contribution in [0.4, 0.5) is 5.82 Å². The van der Waals surface area contributed by atoms with Crippen LogP contribution in [0.2, 0.25) is 5.02 Å². The van der Waals surface area contributed by atoms with Crippen LogP contribution >= 0.6 is 11.6 Å². The first kappa shape index (κ1) is 18.4. The van der Waals surface area contributed by atoms with Crippen molar-refractivity contribution in [1.29, 1.82) is 0 Å². The summed E-state index contributed by atoms with van der Waals surface area (Å²) in [7, 11) is -3.52. The Hall–Kier alpha value is -1.90. The van der Waals surface area contributed by atoms with Gasteiger partial charge < -0.3 is 9.84 Å². The van der Waals surface area contributed by atoms with E-state index in [0.717, 1.165) is 16.1 Å². The Labute approximate surface area is 145 Å². The lowest BCUT2D eigenvalue weighted by Gasteiger charge is -2.19. The summed E-state index contributed by atoms with van der Waals surface area (Å²) in [6, 6.07) is 8.67. The third kappa shape index (κ3) is 5.63. The number of halogens is 1. The molecule has 0 unspecified atom stereocenters. The van der Waals surface area contributed by atoms with Crippen molar-refractivity contribution < 1.29 is 17.7 Å². The topological polar surface area (TPSA) is 92.5 Å². The highest BCUT2D eigenvalue weighted by Gasteiger charge is 2.20. The van der Waals surface area contributed by atoms with Gasteiger partial charge in [0.2, 0.25) is 15.9 Å². The van der Waals surface area contributed by atoms with E-state index in [4.69, 9.17) is 16.1 Å². The fourth-order valence-electron chi connectivity index (χ4n) is 2.03. The minimum Gasteiger partial charge on any atom is -0.360 e. The number of benzene rings is 1. The van der Waals surface area contributed by atoms with Gasteiger partial charge in [-0.05, 0) is 31.0 Å². The molecule has 0 atom stereocenters. The van der Waals surface area contributed by atoms with Crippen molar-refractivity contribution in [2.45, 2.75) is 13.3 Å². The average Bonchev–Trinajstić information content (AvgIpc) is 2.89. The molecule has 0 bridgehead atoms. The molecular weight excluding hydrogens is 354 g/mol. The van der Waals surface area contributed by atoms with Crippen molar-refractivity contribution in [2.24, 2.45) is 0 Å². The standard InChI is InChI=1S/C15H18ClN3O4S/c1-11-9-14(18-23-11)17-15(20)10-19(24(2,21)22)8-7-12-3-5-13(16)6-4-12/h3-6,9H,7-8,10H2,1-2H3,(H,17,18,20). The zero-order valence-electron chi connectivity index (χ0n) is 13.3. The van der Waals surface area contributed by atoms with E-state index in [-0.39, 0.29) is 18.9 Å². The molecule has 2 rings (SSSR count). The number of anilines is 1. The van der Waals surface area contributed by atoms with E-state index in [1.165, 1.54) is 0 Å². The molecule has 0 fully saturated rings. The second kappa shape index (κ2) is 7.78. The monoisotopic (exact) mass is 371 g/mol. The molecule has 0 aliphatic rings. The van der Waals surface area contributed by atoms with Crippen molar-refractivity contribution in [3.8, 4) is 0 Å². The Morgan fingerprint density at radius 2 is 2.00 bits per heavy atom. The first-order valence-electron chi connectivity index (χ1n) is 7.17. The van der Waals surface area contributed by atoms with E-state index in [1.807, 2.05) is 12.1 Å². The molecule has 1 aromatic heterocycles. The number of aromatic nitrogens is 1.